The molecule has 3 heteroatoms. The summed E-state index contributed by atoms with van der Waals surface area (Å²) in [5, 5.41) is 8.61. The molecule has 0 aliphatic heterocycles. The lowest BCUT2D eigenvalue weighted by atomic mass is 9.81. The number of hydrogen-bond donors (Lipinski definition) is 0. The second-order valence-electron chi connectivity index (χ2n) is 5.74. The molecule has 1 aliphatic carbocycles. The summed E-state index contributed by atoms with van der Waals surface area (Å²) in [6.45, 7) is 2.24. The molecule has 1 aromatic carbocycles. The molecule has 1 aromatic rings. The van der Waals surface area contributed by atoms with E-state index in [1.807, 2.05) is 0 Å². The van der Waals surface area contributed by atoms with Crippen molar-refractivity contribution in [1.29, 1.82) is 5.26 Å². The quantitative estimate of drug-likeness (QED) is 0.708. The van der Waals surface area contributed by atoms with Crippen LogP contribution in [0.15, 0.2) is 24.3 Å². The number of benzene rings is 1. The van der Waals surface area contributed by atoms with Crippen molar-refractivity contribution in [2.75, 3.05) is 0 Å². The summed E-state index contributed by atoms with van der Waals surface area (Å²) in [5.74, 6) is 5.22. The van der Waals surface area contributed by atoms with Crippen molar-refractivity contribution in [3.05, 3.63) is 47.0 Å². The summed E-state index contributed by atoms with van der Waals surface area (Å²) in [6, 6.07) is 3.68. The molecule has 22 heavy (non-hydrogen) atoms. The second kappa shape index (κ2) is 7.76. The number of rotatable bonds is 2. The van der Waals surface area contributed by atoms with Gasteiger partial charge in [-0.2, -0.15) is 5.26 Å². The van der Waals surface area contributed by atoms with E-state index in [1.165, 1.54) is 38.2 Å². The highest BCUT2D eigenvalue weighted by Gasteiger charge is 2.17. The summed E-state index contributed by atoms with van der Waals surface area (Å²) in [6.07, 6.45) is 10.0. The minimum absolute atomic E-state index is 0.244. The molecule has 2 rings (SSSR count). The summed E-state index contributed by atoms with van der Waals surface area (Å²) in [4.78, 5) is 0. The topological polar surface area (TPSA) is 23.8 Å². The van der Waals surface area contributed by atoms with Gasteiger partial charge >= 0.3 is 0 Å². The van der Waals surface area contributed by atoms with E-state index in [9.17, 15) is 8.78 Å². The van der Waals surface area contributed by atoms with Crippen molar-refractivity contribution in [3.8, 4) is 17.9 Å². The van der Waals surface area contributed by atoms with E-state index in [0.717, 1.165) is 18.1 Å². The molecule has 1 fully saturated rings. The van der Waals surface area contributed by atoms with Crippen LogP contribution in [0.2, 0.25) is 0 Å². The summed E-state index contributed by atoms with van der Waals surface area (Å²) >= 11 is 0. The van der Waals surface area contributed by atoms with Crippen LogP contribution in [0.5, 0.6) is 0 Å². The highest BCUT2D eigenvalue weighted by atomic mass is 19.1. The van der Waals surface area contributed by atoms with Gasteiger partial charge in [-0.1, -0.05) is 31.3 Å². The fourth-order valence-corrected chi connectivity index (χ4v) is 2.85. The molecule has 0 unspecified atom stereocenters. The fourth-order valence-electron chi connectivity index (χ4n) is 2.85. The molecular formula is C19H19F2N. The maximum Gasteiger partial charge on any atom is 0.145 e. The van der Waals surface area contributed by atoms with Gasteiger partial charge in [0.1, 0.15) is 23.3 Å². The van der Waals surface area contributed by atoms with Crippen LogP contribution in [-0.4, -0.2) is 0 Å². The molecule has 1 nitrogen and oxygen atoms in total. The summed E-state index contributed by atoms with van der Waals surface area (Å²) in [7, 11) is 0. The number of nitriles is 1. The van der Waals surface area contributed by atoms with Crippen LogP contribution in [0.3, 0.4) is 0 Å². The Morgan fingerprint density at radius 1 is 1.18 bits per heavy atom. The molecule has 0 heterocycles. The Labute approximate surface area is 130 Å². The largest absolute Gasteiger partial charge is 0.205 e. The summed E-state index contributed by atoms with van der Waals surface area (Å²) < 4.78 is 26.9. The zero-order chi connectivity index (χ0) is 15.9. The van der Waals surface area contributed by atoms with Crippen molar-refractivity contribution < 1.29 is 8.78 Å². The van der Waals surface area contributed by atoms with Crippen molar-refractivity contribution >= 4 is 0 Å². The van der Waals surface area contributed by atoms with Crippen molar-refractivity contribution in [2.45, 2.75) is 39.0 Å². The van der Waals surface area contributed by atoms with Gasteiger partial charge in [0.2, 0.25) is 0 Å². The molecule has 0 bridgehead atoms. The smallest absolute Gasteiger partial charge is 0.145 e. The molecule has 0 saturated heterocycles. The Morgan fingerprint density at radius 3 is 2.36 bits per heavy atom. The van der Waals surface area contributed by atoms with E-state index in [4.69, 9.17) is 5.26 Å². The molecule has 1 saturated carbocycles. The van der Waals surface area contributed by atoms with Crippen LogP contribution in [0, 0.1) is 46.6 Å². The second-order valence-corrected chi connectivity index (χ2v) is 5.74. The van der Waals surface area contributed by atoms with Gasteiger partial charge in [0.05, 0.1) is 0 Å². The molecule has 0 amide bonds. The highest BCUT2D eigenvalue weighted by molar-refractivity contribution is 5.43. The molecule has 0 atom stereocenters. The standard InChI is InChI=1S/C19H19F2N/c1-2-14-7-9-15(10-8-14)5-3-4-6-16-11-18(20)17(13-22)19(21)12-16/h3,5,11-12,14-15H,2,7-10H2,1H3/t14-,15-. The van der Waals surface area contributed by atoms with Crippen LogP contribution < -0.4 is 0 Å². The molecule has 114 valence electrons. The lowest BCUT2D eigenvalue weighted by Gasteiger charge is -2.25. The van der Waals surface area contributed by atoms with Gasteiger partial charge in [-0.05, 0) is 55.7 Å². The van der Waals surface area contributed by atoms with E-state index in [1.54, 1.807) is 6.08 Å². The number of nitrogens with zero attached hydrogens (tertiary/aromatic N) is 1. The minimum Gasteiger partial charge on any atom is -0.205 e. The SMILES string of the molecule is CC[C@H]1CC[C@H](C=CC#Cc2cc(F)c(C#N)c(F)c2)CC1. The van der Waals surface area contributed by atoms with Gasteiger partial charge in [-0.3, -0.25) is 0 Å². The minimum atomic E-state index is -0.867. The third-order valence-electron chi connectivity index (χ3n) is 4.29. The third-order valence-corrected chi connectivity index (χ3v) is 4.29. The first kappa shape index (κ1) is 16.2. The van der Waals surface area contributed by atoms with Crippen LogP contribution in [0.4, 0.5) is 8.78 Å². The molecule has 0 aromatic heterocycles. The highest BCUT2D eigenvalue weighted by Crippen LogP contribution is 2.31. The Hall–Kier alpha value is -2.13. The van der Waals surface area contributed by atoms with E-state index >= 15 is 0 Å². The van der Waals surface area contributed by atoms with Crippen LogP contribution in [0.1, 0.15) is 50.2 Å². The molecule has 1 aliphatic rings. The predicted octanol–water partition coefficient (Wildman–Crippen LogP) is 4.96. The van der Waals surface area contributed by atoms with Crippen LogP contribution in [-0.2, 0) is 0 Å². The Kier molecular flexibility index (Phi) is 5.73. The first-order valence-corrected chi connectivity index (χ1v) is 7.71. The molecule has 0 N–H and O–H groups in total. The number of hydrogen-bond acceptors (Lipinski definition) is 1. The van der Waals surface area contributed by atoms with Gasteiger partial charge < -0.3 is 0 Å². The zero-order valence-electron chi connectivity index (χ0n) is 12.7. The average molecular weight is 299 g/mol. The van der Waals surface area contributed by atoms with E-state index in [0.29, 0.717) is 5.92 Å². The molecule has 0 radical (unpaired) electrons. The van der Waals surface area contributed by atoms with Gasteiger partial charge in [0.25, 0.3) is 0 Å². The van der Waals surface area contributed by atoms with Gasteiger partial charge in [-0.25, -0.2) is 8.78 Å². The lowest BCUT2D eigenvalue weighted by Crippen LogP contribution is -2.11. The maximum absolute atomic E-state index is 13.4. The van der Waals surface area contributed by atoms with Crippen LogP contribution in [0.25, 0.3) is 0 Å². The van der Waals surface area contributed by atoms with E-state index in [2.05, 4.69) is 24.8 Å². The Balaban J connectivity index is 1.97. The molecule has 0 spiro atoms. The van der Waals surface area contributed by atoms with Crippen molar-refractivity contribution in [2.24, 2.45) is 11.8 Å². The lowest BCUT2D eigenvalue weighted by molar-refractivity contribution is 0.304. The first-order valence-electron chi connectivity index (χ1n) is 7.71. The summed E-state index contributed by atoms with van der Waals surface area (Å²) in [5.41, 5.74) is -0.317. The number of allylic oxidation sites excluding steroid dienone is 2. The number of halogens is 2. The normalized spacial score (nSPS) is 21.2. The van der Waals surface area contributed by atoms with Crippen molar-refractivity contribution in [1.82, 2.24) is 0 Å². The fraction of sp³-hybridized carbons (Fsp3) is 0.421. The monoisotopic (exact) mass is 299 g/mol. The van der Waals surface area contributed by atoms with E-state index in [-0.39, 0.29) is 5.56 Å². The third kappa shape index (κ3) is 4.18. The van der Waals surface area contributed by atoms with Gasteiger partial charge in [0, 0.05) is 5.56 Å². The Morgan fingerprint density at radius 2 is 1.82 bits per heavy atom. The molecular weight excluding hydrogens is 280 g/mol. The van der Waals surface area contributed by atoms with Crippen LogP contribution >= 0.6 is 0 Å². The van der Waals surface area contributed by atoms with E-state index < -0.39 is 17.2 Å². The Bertz CT molecular complexity index is 627. The first-order chi connectivity index (χ1) is 10.6. The van der Waals surface area contributed by atoms with Crippen molar-refractivity contribution in [3.63, 3.8) is 0 Å². The predicted molar refractivity (Wildman–Crippen MR) is 82.8 cm³/mol. The maximum atomic E-state index is 13.4. The zero-order valence-corrected chi connectivity index (χ0v) is 12.7. The average Bonchev–Trinajstić information content (AvgIpc) is 2.52. The van der Waals surface area contributed by atoms with Gasteiger partial charge in [-0.15, -0.1) is 0 Å². The van der Waals surface area contributed by atoms with Gasteiger partial charge in [0.15, 0.2) is 0 Å².